The molecule has 1 fully saturated rings. The molecule has 0 unspecified atom stereocenters. The number of aliphatic hydroxyl groups is 1. The first-order valence-corrected chi connectivity index (χ1v) is 6.71. The molecular formula is C15H20O3. The van der Waals surface area contributed by atoms with E-state index in [0.29, 0.717) is 5.57 Å². The summed E-state index contributed by atoms with van der Waals surface area (Å²) in [5.41, 5.74) is 1.02. The highest BCUT2D eigenvalue weighted by Crippen LogP contribution is 2.55. The molecular weight excluding hydrogens is 228 g/mol. The van der Waals surface area contributed by atoms with Crippen LogP contribution in [0.25, 0.3) is 0 Å². The minimum Gasteiger partial charge on any atom is -0.423 e. The molecule has 18 heavy (non-hydrogen) atoms. The van der Waals surface area contributed by atoms with Gasteiger partial charge in [-0.2, -0.15) is 0 Å². The number of esters is 1. The highest BCUT2D eigenvalue weighted by molar-refractivity contribution is 5.94. The maximum Gasteiger partial charge on any atom is 0.339 e. The maximum absolute atomic E-state index is 11.6. The number of carbonyl (C=O) groups excluding carboxylic acids is 1. The Kier molecular flexibility index (Phi) is 2.31. The van der Waals surface area contributed by atoms with Crippen molar-refractivity contribution in [3.05, 3.63) is 23.0 Å². The zero-order valence-electron chi connectivity index (χ0n) is 11.2. The summed E-state index contributed by atoms with van der Waals surface area (Å²) in [6.45, 7) is 5.93. The predicted molar refractivity (Wildman–Crippen MR) is 67.6 cm³/mol. The molecule has 3 heteroatoms. The van der Waals surface area contributed by atoms with E-state index in [-0.39, 0.29) is 17.3 Å². The van der Waals surface area contributed by atoms with Gasteiger partial charge in [-0.15, -0.1) is 0 Å². The fourth-order valence-electron chi connectivity index (χ4n) is 3.93. The zero-order chi connectivity index (χ0) is 13.1. The van der Waals surface area contributed by atoms with E-state index in [1.807, 2.05) is 13.8 Å². The summed E-state index contributed by atoms with van der Waals surface area (Å²) in [6.07, 6.45) is 5.76. The molecule has 0 aromatic rings. The van der Waals surface area contributed by atoms with Gasteiger partial charge in [0.25, 0.3) is 0 Å². The second-order valence-electron chi connectivity index (χ2n) is 6.47. The number of ether oxygens (including phenoxy) is 1. The lowest BCUT2D eigenvalue weighted by Gasteiger charge is -2.50. The summed E-state index contributed by atoms with van der Waals surface area (Å²) in [4.78, 5) is 11.6. The Bertz CT molecular complexity index is 484. The van der Waals surface area contributed by atoms with Gasteiger partial charge in [-0.1, -0.05) is 6.92 Å². The highest BCUT2D eigenvalue weighted by Gasteiger charge is 2.51. The molecule has 98 valence electrons. The Morgan fingerprint density at radius 3 is 2.83 bits per heavy atom. The van der Waals surface area contributed by atoms with E-state index < -0.39 is 5.60 Å². The van der Waals surface area contributed by atoms with Crippen LogP contribution < -0.4 is 0 Å². The Morgan fingerprint density at radius 2 is 2.11 bits per heavy atom. The van der Waals surface area contributed by atoms with Crippen molar-refractivity contribution in [3.8, 4) is 0 Å². The summed E-state index contributed by atoms with van der Waals surface area (Å²) in [5.74, 6) is 0.703. The van der Waals surface area contributed by atoms with Gasteiger partial charge in [-0.3, -0.25) is 0 Å². The van der Waals surface area contributed by atoms with Gasteiger partial charge in [-0.25, -0.2) is 4.79 Å². The molecule has 0 radical (unpaired) electrons. The second-order valence-corrected chi connectivity index (χ2v) is 6.47. The number of allylic oxidation sites excluding steroid dienone is 2. The lowest BCUT2D eigenvalue weighted by Crippen LogP contribution is -2.49. The van der Waals surface area contributed by atoms with Gasteiger partial charge in [0.05, 0.1) is 5.60 Å². The van der Waals surface area contributed by atoms with Crippen LogP contribution in [-0.2, 0) is 9.53 Å². The van der Waals surface area contributed by atoms with Crippen molar-refractivity contribution in [1.82, 2.24) is 0 Å². The normalized spacial score (nSPS) is 43.2. The maximum atomic E-state index is 11.6. The van der Waals surface area contributed by atoms with Crippen molar-refractivity contribution in [3.63, 3.8) is 0 Å². The topological polar surface area (TPSA) is 46.5 Å². The summed E-state index contributed by atoms with van der Waals surface area (Å²) in [6, 6.07) is 0. The minimum absolute atomic E-state index is 0.0501. The first-order chi connectivity index (χ1) is 8.33. The van der Waals surface area contributed by atoms with E-state index in [4.69, 9.17) is 4.74 Å². The van der Waals surface area contributed by atoms with Crippen LogP contribution in [0.3, 0.4) is 0 Å². The monoisotopic (exact) mass is 248 g/mol. The standard InChI is InChI=1S/C15H20O3/c1-9-10-7-12-14(2,5-4-6-15(12,3)17)8-11(10)18-13(9)16/h8,12,17H,4-7H2,1-3H3/t12-,14-,15-/m1/s1. The lowest BCUT2D eigenvalue weighted by molar-refractivity contribution is -0.133. The Labute approximate surface area is 108 Å². The van der Waals surface area contributed by atoms with Crippen molar-refractivity contribution in [2.45, 2.75) is 52.1 Å². The largest absolute Gasteiger partial charge is 0.423 e. The van der Waals surface area contributed by atoms with E-state index in [9.17, 15) is 9.90 Å². The van der Waals surface area contributed by atoms with Crippen molar-refractivity contribution in [1.29, 1.82) is 0 Å². The number of hydrogen-bond donors (Lipinski definition) is 1. The Morgan fingerprint density at radius 1 is 1.39 bits per heavy atom. The van der Waals surface area contributed by atoms with Crippen molar-refractivity contribution < 1.29 is 14.6 Å². The van der Waals surface area contributed by atoms with E-state index in [1.54, 1.807) is 0 Å². The lowest BCUT2D eigenvalue weighted by atomic mass is 9.56. The summed E-state index contributed by atoms with van der Waals surface area (Å²) >= 11 is 0. The summed E-state index contributed by atoms with van der Waals surface area (Å²) < 4.78 is 5.33. The van der Waals surface area contributed by atoms with Crippen molar-refractivity contribution in [2.24, 2.45) is 11.3 Å². The van der Waals surface area contributed by atoms with Gasteiger partial charge < -0.3 is 9.84 Å². The van der Waals surface area contributed by atoms with Crippen LogP contribution >= 0.6 is 0 Å². The molecule has 0 aromatic heterocycles. The van der Waals surface area contributed by atoms with E-state index >= 15 is 0 Å². The van der Waals surface area contributed by atoms with Crippen LogP contribution in [0.1, 0.15) is 46.5 Å². The first-order valence-electron chi connectivity index (χ1n) is 6.71. The molecule has 3 nitrogen and oxygen atoms in total. The molecule has 1 saturated carbocycles. The molecule has 0 saturated heterocycles. The smallest absolute Gasteiger partial charge is 0.339 e. The number of fused-ring (bicyclic) bond motifs is 2. The van der Waals surface area contributed by atoms with Gasteiger partial charge in [0, 0.05) is 17.1 Å². The van der Waals surface area contributed by atoms with E-state index in [2.05, 4.69) is 13.0 Å². The summed E-state index contributed by atoms with van der Waals surface area (Å²) in [7, 11) is 0. The average Bonchev–Trinajstić information content (AvgIpc) is 2.51. The van der Waals surface area contributed by atoms with Gasteiger partial charge in [0.15, 0.2) is 0 Å². The van der Waals surface area contributed by atoms with Crippen LogP contribution in [-0.4, -0.2) is 16.7 Å². The van der Waals surface area contributed by atoms with Gasteiger partial charge in [0.2, 0.25) is 0 Å². The average molecular weight is 248 g/mol. The van der Waals surface area contributed by atoms with E-state index in [0.717, 1.165) is 37.0 Å². The van der Waals surface area contributed by atoms with Crippen LogP contribution in [0, 0.1) is 11.3 Å². The molecule has 0 spiro atoms. The second kappa shape index (κ2) is 3.47. The number of hydrogen-bond acceptors (Lipinski definition) is 3. The molecule has 1 aliphatic heterocycles. The summed E-state index contributed by atoms with van der Waals surface area (Å²) in [5, 5.41) is 10.6. The quantitative estimate of drug-likeness (QED) is 0.670. The fraction of sp³-hybridized carbons (Fsp3) is 0.667. The van der Waals surface area contributed by atoms with Gasteiger partial charge in [-0.05, 0) is 51.0 Å². The molecule has 1 heterocycles. The number of carbonyl (C=O) groups is 1. The highest BCUT2D eigenvalue weighted by atomic mass is 16.5. The van der Waals surface area contributed by atoms with Crippen molar-refractivity contribution >= 4 is 5.97 Å². The Hall–Kier alpha value is -1.09. The zero-order valence-corrected chi connectivity index (χ0v) is 11.2. The van der Waals surface area contributed by atoms with Crippen LogP contribution in [0.4, 0.5) is 0 Å². The van der Waals surface area contributed by atoms with Gasteiger partial charge >= 0.3 is 5.97 Å². The van der Waals surface area contributed by atoms with Crippen LogP contribution in [0.15, 0.2) is 23.0 Å². The molecule has 3 rings (SSSR count). The van der Waals surface area contributed by atoms with Gasteiger partial charge in [0.1, 0.15) is 5.76 Å². The predicted octanol–water partition coefficient (Wildman–Crippen LogP) is 2.70. The third-order valence-electron chi connectivity index (χ3n) is 5.07. The fourth-order valence-corrected chi connectivity index (χ4v) is 3.93. The molecule has 3 atom stereocenters. The third kappa shape index (κ3) is 1.50. The first kappa shape index (κ1) is 12.0. The molecule has 0 bridgehead atoms. The molecule has 1 N–H and O–H groups in total. The minimum atomic E-state index is -0.645. The van der Waals surface area contributed by atoms with Crippen LogP contribution in [0.5, 0.6) is 0 Å². The van der Waals surface area contributed by atoms with E-state index in [1.165, 1.54) is 0 Å². The number of rotatable bonds is 0. The molecule has 0 amide bonds. The molecule has 0 aromatic carbocycles. The van der Waals surface area contributed by atoms with Crippen LogP contribution in [0.2, 0.25) is 0 Å². The Balaban J connectivity index is 2.09. The molecule has 3 aliphatic rings. The third-order valence-corrected chi connectivity index (χ3v) is 5.07. The van der Waals surface area contributed by atoms with Crippen molar-refractivity contribution in [2.75, 3.05) is 0 Å². The molecule has 2 aliphatic carbocycles. The SMILES string of the molecule is CC1=C2C[C@@H]3[C@@](C)(C=C2OC1=O)CCC[C@@]3(C)O.